The Morgan fingerprint density at radius 1 is 1.11 bits per heavy atom. The standard InChI is InChI=1S/C21H21BrN4OS/c22-20-7-6-19(28-20)15-24-11-13-25(14-12-24)21(27)8-3-17-1-4-18(5-2-17)26-10-9-23-16-26/h1-10,16H,11-15H2/b8-3+. The fourth-order valence-electron chi connectivity index (χ4n) is 3.23. The first-order valence-electron chi connectivity index (χ1n) is 9.19. The maximum atomic E-state index is 12.5. The molecule has 3 heterocycles. The van der Waals surface area contributed by atoms with E-state index in [-0.39, 0.29) is 5.91 Å². The number of piperazine rings is 1. The third-order valence-electron chi connectivity index (χ3n) is 4.81. The molecule has 0 bridgehead atoms. The highest BCUT2D eigenvalue weighted by Gasteiger charge is 2.19. The summed E-state index contributed by atoms with van der Waals surface area (Å²) in [5.74, 6) is 0.0807. The van der Waals surface area contributed by atoms with Crippen molar-refractivity contribution in [3.05, 3.63) is 75.4 Å². The van der Waals surface area contributed by atoms with Gasteiger partial charge in [-0.15, -0.1) is 11.3 Å². The Bertz CT molecular complexity index is 941. The van der Waals surface area contributed by atoms with Gasteiger partial charge < -0.3 is 9.47 Å². The lowest BCUT2D eigenvalue weighted by molar-refractivity contribution is -0.127. The van der Waals surface area contributed by atoms with Crippen molar-refractivity contribution in [1.29, 1.82) is 0 Å². The summed E-state index contributed by atoms with van der Waals surface area (Å²) < 4.78 is 3.12. The molecule has 1 fully saturated rings. The van der Waals surface area contributed by atoms with Gasteiger partial charge in [0.2, 0.25) is 5.91 Å². The molecule has 4 rings (SSSR count). The monoisotopic (exact) mass is 456 g/mol. The Balaban J connectivity index is 1.28. The number of halogens is 1. The van der Waals surface area contributed by atoms with E-state index in [1.807, 2.05) is 46.0 Å². The van der Waals surface area contributed by atoms with Crippen LogP contribution in [0.3, 0.4) is 0 Å². The maximum Gasteiger partial charge on any atom is 0.246 e. The van der Waals surface area contributed by atoms with E-state index in [0.29, 0.717) is 0 Å². The van der Waals surface area contributed by atoms with Gasteiger partial charge in [0.05, 0.1) is 10.1 Å². The summed E-state index contributed by atoms with van der Waals surface area (Å²) in [4.78, 5) is 22.2. The van der Waals surface area contributed by atoms with Gasteiger partial charge in [0.1, 0.15) is 0 Å². The number of hydrogen-bond acceptors (Lipinski definition) is 4. The second-order valence-corrected chi connectivity index (χ2v) is 9.25. The molecular weight excluding hydrogens is 436 g/mol. The number of nitrogens with zero attached hydrogens (tertiary/aromatic N) is 4. The third kappa shape index (κ3) is 4.79. The fraction of sp³-hybridized carbons (Fsp3) is 0.238. The zero-order valence-corrected chi connectivity index (χ0v) is 17.8. The van der Waals surface area contributed by atoms with Crippen LogP contribution in [-0.2, 0) is 11.3 Å². The quantitative estimate of drug-likeness (QED) is 0.543. The van der Waals surface area contributed by atoms with Gasteiger partial charge in [-0.1, -0.05) is 12.1 Å². The topological polar surface area (TPSA) is 41.4 Å². The van der Waals surface area contributed by atoms with Crippen LogP contribution in [0.4, 0.5) is 0 Å². The SMILES string of the molecule is O=C(/C=C/c1ccc(-n2ccnc2)cc1)N1CCN(Cc2ccc(Br)s2)CC1. The molecule has 5 nitrogen and oxygen atoms in total. The fourth-order valence-corrected chi connectivity index (χ4v) is 4.75. The van der Waals surface area contributed by atoms with E-state index in [4.69, 9.17) is 0 Å². The number of carbonyl (C=O) groups excluding carboxylic acids is 1. The predicted octanol–water partition coefficient (Wildman–Crippen LogP) is 4.05. The van der Waals surface area contributed by atoms with Gasteiger partial charge in [-0.25, -0.2) is 4.98 Å². The average Bonchev–Trinajstić information content (AvgIpc) is 3.39. The summed E-state index contributed by atoms with van der Waals surface area (Å²) in [7, 11) is 0. The lowest BCUT2D eigenvalue weighted by atomic mass is 10.2. The summed E-state index contributed by atoms with van der Waals surface area (Å²) in [6.45, 7) is 4.32. The van der Waals surface area contributed by atoms with Crippen molar-refractivity contribution in [1.82, 2.24) is 19.4 Å². The highest BCUT2D eigenvalue weighted by atomic mass is 79.9. The van der Waals surface area contributed by atoms with Gasteiger partial charge in [0, 0.05) is 61.8 Å². The van der Waals surface area contributed by atoms with Crippen LogP contribution in [0, 0.1) is 0 Å². The van der Waals surface area contributed by atoms with Crippen LogP contribution in [0.25, 0.3) is 11.8 Å². The van der Waals surface area contributed by atoms with Gasteiger partial charge in [-0.3, -0.25) is 9.69 Å². The molecule has 1 aliphatic rings. The van der Waals surface area contributed by atoms with E-state index in [9.17, 15) is 4.79 Å². The smallest absolute Gasteiger partial charge is 0.246 e. The number of thiophene rings is 1. The van der Waals surface area contributed by atoms with Crippen molar-refractivity contribution in [2.75, 3.05) is 26.2 Å². The van der Waals surface area contributed by atoms with Gasteiger partial charge in [-0.2, -0.15) is 0 Å². The second-order valence-electron chi connectivity index (χ2n) is 6.70. The van der Waals surface area contributed by atoms with E-state index in [1.54, 1.807) is 29.9 Å². The van der Waals surface area contributed by atoms with Crippen molar-refractivity contribution in [2.24, 2.45) is 0 Å². The van der Waals surface area contributed by atoms with Crippen molar-refractivity contribution in [2.45, 2.75) is 6.54 Å². The molecule has 28 heavy (non-hydrogen) atoms. The van der Waals surface area contributed by atoms with Gasteiger partial charge >= 0.3 is 0 Å². The Morgan fingerprint density at radius 2 is 1.89 bits per heavy atom. The molecule has 0 radical (unpaired) electrons. The molecule has 0 saturated carbocycles. The minimum atomic E-state index is 0.0807. The Morgan fingerprint density at radius 3 is 2.54 bits per heavy atom. The number of aromatic nitrogens is 2. The van der Waals surface area contributed by atoms with E-state index in [2.05, 4.69) is 37.9 Å². The van der Waals surface area contributed by atoms with E-state index < -0.39 is 0 Å². The summed E-state index contributed by atoms with van der Waals surface area (Å²) in [6.07, 6.45) is 9.00. The number of amides is 1. The maximum absolute atomic E-state index is 12.5. The largest absolute Gasteiger partial charge is 0.337 e. The van der Waals surface area contributed by atoms with Crippen molar-refractivity contribution >= 4 is 39.2 Å². The zero-order chi connectivity index (χ0) is 19.3. The molecule has 3 aromatic rings. The summed E-state index contributed by atoms with van der Waals surface area (Å²) in [5, 5.41) is 0. The number of carbonyl (C=O) groups is 1. The molecule has 144 valence electrons. The third-order valence-corrected chi connectivity index (χ3v) is 6.41. The lowest BCUT2D eigenvalue weighted by Gasteiger charge is -2.34. The normalized spacial score (nSPS) is 15.4. The van der Waals surface area contributed by atoms with Crippen molar-refractivity contribution < 1.29 is 4.79 Å². The van der Waals surface area contributed by atoms with E-state index >= 15 is 0 Å². The first-order chi connectivity index (χ1) is 13.7. The lowest BCUT2D eigenvalue weighted by Crippen LogP contribution is -2.47. The van der Waals surface area contributed by atoms with Crippen molar-refractivity contribution in [3.63, 3.8) is 0 Å². The van der Waals surface area contributed by atoms with Gasteiger partial charge in [0.25, 0.3) is 0 Å². The molecule has 2 aromatic heterocycles. The molecule has 1 amide bonds. The van der Waals surface area contributed by atoms with Gasteiger partial charge in [-0.05, 0) is 51.8 Å². The molecule has 0 N–H and O–H groups in total. The molecule has 7 heteroatoms. The van der Waals surface area contributed by atoms with Crippen molar-refractivity contribution in [3.8, 4) is 5.69 Å². The summed E-state index contributed by atoms with van der Waals surface area (Å²) >= 11 is 5.28. The minimum absolute atomic E-state index is 0.0807. The minimum Gasteiger partial charge on any atom is -0.337 e. The molecule has 0 aliphatic carbocycles. The molecule has 1 saturated heterocycles. The van der Waals surface area contributed by atoms with Crippen LogP contribution < -0.4 is 0 Å². The summed E-state index contributed by atoms with van der Waals surface area (Å²) in [5.41, 5.74) is 2.06. The Kier molecular flexibility index (Phi) is 6.04. The van der Waals surface area contributed by atoms with Crippen LogP contribution in [0.5, 0.6) is 0 Å². The van der Waals surface area contributed by atoms with Crippen LogP contribution in [0.15, 0.2) is 65.0 Å². The van der Waals surface area contributed by atoms with Crippen LogP contribution >= 0.6 is 27.3 Å². The van der Waals surface area contributed by atoms with Crippen LogP contribution in [-0.4, -0.2) is 51.4 Å². The number of rotatable bonds is 5. The number of imidazole rings is 1. The van der Waals surface area contributed by atoms with Crippen LogP contribution in [0.1, 0.15) is 10.4 Å². The first-order valence-corrected chi connectivity index (χ1v) is 10.8. The summed E-state index contributed by atoms with van der Waals surface area (Å²) in [6, 6.07) is 12.3. The predicted molar refractivity (Wildman–Crippen MR) is 116 cm³/mol. The Hall–Kier alpha value is -2.22. The molecule has 0 spiro atoms. The first kappa shape index (κ1) is 19.1. The molecule has 1 aliphatic heterocycles. The van der Waals surface area contributed by atoms with Crippen LogP contribution in [0.2, 0.25) is 0 Å². The molecule has 0 unspecified atom stereocenters. The number of hydrogen-bond donors (Lipinski definition) is 0. The zero-order valence-electron chi connectivity index (χ0n) is 15.4. The second kappa shape index (κ2) is 8.86. The van der Waals surface area contributed by atoms with Gasteiger partial charge in [0.15, 0.2) is 0 Å². The average molecular weight is 457 g/mol. The van der Waals surface area contributed by atoms with E-state index in [1.165, 1.54) is 8.66 Å². The molecule has 1 aromatic carbocycles. The highest BCUT2D eigenvalue weighted by Crippen LogP contribution is 2.23. The highest BCUT2D eigenvalue weighted by molar-refractivity contribution is 9.11. The molecule has 0 atom stereocenters. The van der Waals surface area contributed by atoms with E-state index in [0.717, 1.165) is 44.0 Å². The Labute approximate surface area is 177 Å². The number of benzene rings is 1. The molecular formula is C21H21BrN4OS.